The zero-order valence-electron chi connectivity index (χ0n) is 20.8. The van der Waals surface area contributed by atoms with Gasteiger partial charge in [0.15, 0.2) is 0 Å². The minimum Gasteiger partial charge on any atom is -0.379 e. The molecule has 3 aliphatic heterocycles. The summed E-state index contributed by atoms with van der Waals surface area (Å²) in [5, 5.41) is 3.67. The average molecular weight is 618 g/mol. The Morgan fingerprint density at radius 3 is 2.44 bits per heavy atom. The first-order chi connectivity index (χ1) is 17.3. The number of rotatable bonds is 2. The van der Waals surface area contributed by atoms with E-state index in [1.165, 1.54) is 33.4 Å². The second kappa shape index (κ2) is 10.7. The zero-order valence-corrected chi connectivity index (χ0v) is 24.0. The zero-order chi connectivity index (χ0) is 25.4. The van der Waals surface area contributed by atoms with Crippen LogP contribution >= 0.6 is 31.9 Å². The molecule has 3 N–H and O–H groups in total. The molecule has 1 atom stereocenters. The van der Waals surface area contributed by atoms with Crippen LogP contribution in [0.2, 0.25) is 0 Å². The largest absolute Gasteiger partial charge is 0.379 e. The number of halogens is 2. The van der Waals surface area contributed by atoms with Gasteiger partial charge in [0.05, 0.1) is 6.04 Å². The van der Waals surface area contributed by atoms with E-state index in [1.54, 1.807) is 4.90 Å². The van der Waals surface area contributed by atoms with Gasteiger partial charge in [-0.2, -0.15) is 0 Å². The first-order valence-corrected chi connectivity index (χ1v) is 14.5. The van der Waals surface area contributed by atoms with Crippen molar-refractivity contribution in [3.05, 3.63) is 61.2 Å². The van der Waals surface area contributed by atoms with Crippen LogP contribution in [0.15, 0.2) is 44.5 Å². The van der Waals surface area contributed by atoms with Gasteiger partial charge in [-0.05, 0) is 107 Å². The van der Waals surface area contributed by atoms with Crippen molar-refractivity contribution in [2.75, 3.05) is 26.2 Å². The van der Waals surface area contributed by atoms with Crippen LogP contribution in [0.3, 0.4) is 0 Å². The quantitative estimate of drug-likeness (QED) is 0.467. The summed E-state index contributed by atoms with van der Waals surface area (Å²) in [6.45, 7) is 5.01. The first-order valence-electron chi connectivity index (χ1n) is 13.0. The number of hydrogen-bond acceptors (Lipinski definition) is 3. The third-order valence-electron chi connectivity index (χ3n) is 8.13. The third-order valence-corrected chi connectivity index (χ3v) is 9.21. The Morgan fingerprint density at radius 2 is 1.75 bits per heavy atom. The van der Waals surface area contributed by atoms with Crippen molar-refractivity contribution >= 4 is 49.4 Å². The van der Waals surface area contributed by atoms with Gasteiger partial charge in [0.1, 0.15) is 0 Å². The van der Waals surface area contributed by atoms with Crippen LogP contribution in [-0.4, -0.2) is 54.0 Å². The lowest BCUT2D eigenvalue weighted by Gasteiger charge is -2.35. The van der Waals surface area contributed by atoms with Gasteiger partial charge >= 0.3 is 6.03 Å². The Balaban J connectivity index is 1.34. The highest BCUT2D eigenvalue weighted by Gasteiger charge is 2.33. The Bertz CT molecular complexity index is 1150. The van der Waals surface area contributed by atoms with E-state index in [0.29, 0.717) is 25.4 Å². The lowest BCUT2D eigenvalue weighted by molar-refractivity contribution is -0.132. The predicted octanol–water partition coefficient (Wildman–Crippen LogP) is 5.40. The average Bonchev–Trinajstić information content (AvgIpc) is 3.01. The highest BCUT2D eigenvalue weighted by atomic mass is 79.9. The molecular formula is C28H34Br2N4O2. The lowest BCUT2D eigenvalue weighted by Crippen LogP contribution is -2.43. The van der Waals surface area contributed by atoms with Crippen molar-refractivity contribution in [3.63, 3.8) is 0 Å². The molecule has 4 aliphatic rings. The number of nitrogens with two attached hydrogens (primary N) is 1. The first kappa shape index (κ1) is 25.6. The summed E-state index contributed by atoms with van der Waals surface area (Å²) in [4.78, 5) is 28.3. The molecule has 0 radical (unpaired) electrons. The van der Waals surface area contributed by atoms with Gasteiger partial charge < -0.3 is 20.9 Å². The second-order valence-corrected chi connectivity index (χ2v) is 12.3. The molecule has 2 saturated heterocycles. The molecule has 5 rings (SSSR count). The molecule has 1 aromatic carbocycles. The van der Waals surface area contributed by atoms with Crippen LogP contribution in [0.4, 0.5) is 4.79 Å². The van der Waals surface area contributed by atoms with Crippen molar-refractivity contribution < 1.29 is 9.59 Å². The molecule has 1 aromatic rings. The molecule has 3 amide bonds. The molecule has 0 aromatic heterocycles. The minimum absolute atomic E-state index is 0.166. The molecule has 0 spiro atoms. The number of likely N-dealkylation sites (tertiary alicyclic amines) is 2. The number of carbonyl (C=O) groups is 2. The normalized spacial score (nSPS) is 22.7. The number of benzene rings is 1. The van der Waals surface area contributed by atoms with Crippen molar-refractivity contribution in [1.82, 2.24) is 15.1 Å². The number of nitrogens with one attached hydrogen (secondary N) is 1. The molecule has 192 valence electrons. The maximum Gasteiger partial charge on any atom is 0.314 e. The van der Waals surface area contributed by atoms with Crippen molar-refractivity contribution in [1.29, 1.82) is 0 Å². The van der Waals surface area contributed by atoms with Crippen LogP contribution in [0.25, 0.3) is 5.57 Å². The van der Waals surface area contributed by atoms with Crippen LogP contribution in [-0.2, 0) is 11.2 Å². The molecule has 2 fully saturated rings. The number of carbonyl (C=O) groups excluding carboxylic acids is 2. The number of fused-ring (bicyclic) bond motifs is 2. The molecule has 0 saturated carbocycles. The summed E-state index contributed by atoms with van der Waals surface area (Å²) >= 11 is 7.56. The van der Waals surface area contributed by atoms with Gasteiger partial charge in [-0.15, -0.1) is 0 Å². The van der Waals surface area contributed by atoms with Crippen LogP contribution in [0, 0.1) is 12.8 Å². The fraction of sp³-hybridized carbons (Fsp3) is 0.500. The Hall–Kier alpha value is -2.06. The van der Waals surface area contributed by atoms with E-state index >= 15 is 0 Å². The van der Waals surface area contributed by atoms with Crippen molar-refractivity contribution in [2.24, 2.45) is 11.7 Å². The van der Waals surface area contributed by atoms with Gasteiger partial charge in [-0.3, -0.25) is 4.79 Å². The van der Waals surface area contributed by atoms with Gasteiger partial charge in [-0.25, -0.2) is 4.79 Å². The number of nitrogens with zero attached hydrogens (tertiary/aromatic N) is 2. The monoisotopic (exact) mass is 616 g/mol. The van der Waals surface area contributed by atoms with Crippen LogP contribution in [0.5, 0.6) is 0 Å². The summed E-state index contributed by atoms with van der Waals surface area (Å²) in [5.74, 6) is 0.586. The van der Waals surface area contributed by atoms with E-state index in [9.17, 15) is 9.59 Å². The lowest BCUT2D eigenvalue weighted by atomic mass is 9.84. The maximum absolute atomic E-state index is 13.1. The van der Waals surface area contributed by atoms with E-state index in [4.69, 9.17) is 5.73 Å². The standard InChI is InChI=1S/C28H34Br2N4O2/c1-17-12-20-2-3-21-15-22(29)16-32-27(21)26(25(20)23(30)13-17)19-6-10-33(11-7-19)24(35)14-18-4-8-34(9-5-18)28(31)36/h12-13,15-16,18,27,32H,2-11,14H2,1H3,(H2,31,36)/t27-/m0/s1. The van der Waals surface area contributed by atoms with Gasteiger partial charge in [0, 0.05) is 47.8 Å². The highest BCUT2D eigenvalue weighted by molar-refractivity contribution is 9.12. The van der Waals surface area contributed by atoms with E-state index in [2.05, 4.69) is 68.5 Å². The summed E-state index contributed by atoms with van der Waals surface area (Å²) in [5.41, 5.74) is 13.7. The van der Waals surface area contributed by atoms with E-state index in [0.717, 1.165) is 60.6 Å². The maximum atomic E-state index is 13.1. The Kier molecular flexibility index (Phi) is 7.63. The highest BCUT2D eigenvalue weighted by Crippen LogP contribution is 2.43. The number of allylic oxidation sites excluding steroid dienone is 2. The van der Waals surface area contributed by atoms with Crippen LogP contribution in [0.1, 0.15) is 55.2 Å². The minimum atomic E-state index is -0.355. The molecule has 0 bridgehead atoms. The number of aryl methyl sites for hydroxylation is 2. The van der Waals surface area contributed by atoms with E-state index < -0.39 is 0 Å². The number of amides is 3. The molecule has 6 nitrogen and oxygen atoms in total. The summed E-state index contributed by atoms with van der Waals surface area (Å²) in [6.07, 6.45) is 10.5. The molecule has 0 unspecified atom stereocenters. The summed E-state index contributed by atoms with van der Waals surface area (Å²) in [7, 11) is 0. The number of hydrogen-bond donors (Lipinski definition) is 2. The molecule has 8 heteroatoms. The summed E-state index contributed by atoms with van der Waals surface area (Å²) < 4.78 is 2.25. The molecule has 36 heavy (non-hydrogen) atoms. The topological polar surface area (TPSA) is 78.7 Å². The Morgan fingerprint density at radius 1 is 1.03 bits per heavy atom. The second-order valence-electron chi connectivity index (χ2n) is 10.5. The SMILES string of the molecule is Cc1cc(Br)c2c(c1)CCC1=CC(Br)=CN[C@@H]1C2=C1CCN(C(=O)CC2CCN(C(N)=O)CC2)CC1. The van der Waals surface area contributed by atoms with Crippen molar-refractivity contribution in [3.8, 4) is 0 Å². The number of dihydropyridines is 1. The third kappa shape index (κ3) is 5.30. The predicted molar refractivity (Wildman–Crippen MR) is 150 cm³/mol. The van der Waals surface area contributed by atoms with Gasteiger partial charge in [0.2, 0.25) is 5.91 Å². The fourth-order valence-corrected chi connectivity index (χ4v) is 7.46. The van der Waals surface area contributed by atoms with Gasteiger partial charge in [-0.1, -0.05) is 27.6 Å². The Labute approximate surface area is 230 Å². The van der Waals surface area contributed by atoms with E-state index in [-0.39, 0.29) is 18.0 Å². The number of urea groups is 1. The van der Waals surface area contributed by atoms with Crippen LogP contribution < -0.4 is 11.1 Å². The van der Waals surface area contributed by atoms with E-state index in [1.807, 2.05) is 4.90 Å². The van der Waals surface area contributed by atoms with Gasteiger partial charge in [0.25, 0.3) is 0 Å². The molecular weight excluding hydrogens is 584 g/mol. The molecule has 1 aliphatic carbocycles. The molecule has 3 heterocycles. The fourth-order valence-electron chi connectivity index (χ4n) is 6.20. The summed E-state index contributed by atoms with van der Waals surface area (Å²) in [6, 6.07) is 4.37. The smallest absolute Gasteiger partial charge is 0.314 e. The van der Waals surface area contributed by atoms with Crippen molar-refractivity contribution in [2.45, 2.75) is 57.9 Å². The number of primary amides is 1. The number of piperidine rings is 2.